The second-order valence-electron chi connectivity index (χ2n) is 8.58. The maximum atomic E-state index is 13.1. The van der Waals surface area contributed by atoms with E-state index in [1.165, 1.54) is 36.2 Å². The molecule has 0 aromatic carbocycles. The lowest BCUT2D eigenvalue weighted by molar-refractivity contribution is -0.144. The number of rotatable bonds is 3. The highest BCUT2D eigenvalue weighted by Crippen LogP contribution is 2.42. The number of carbonyl (C=O) groups excluding carboxylic acids is 2. The van der Waals surface area contributed by atoms with Crippen LogP contribution in [-0.4, -0.2) is 51.4 Å². The van der Waals surface area contributed by atoms with Crippen molar-refractivity contribution >= 4 is 11.8 Å². The molecule has 1 aromatic rings. The van der Waals surface area contributed by atoms with Crippen molar-refractivity contribution in [2.45, 2.75) is 63.8 Å². The Morgan fingerprint density at radius 1 is 0.885 bits per heavy atom. The normalized spacial score (nSPS) is 24.3. The lowest BCUT2D eigenvalue weighted by Gasteiger charge is -2.38. The van der Waals surface area contributed by atoms with Crippen molar-refractivity contribution in [1.82, 2.24) is 20.0 Å². The van der Waals surface area contributed by atoms with Crippen molar-refractivity contribution in [1.29, 1.82) is 0 Å². The van der Waals surface area contributed by atoms with E-state index < -0.39 is 0 Å². The molecule has 6 nitrogen and oxygen atoms in total. The fourth-order valence-electron chi connectivity index (χ4n) is 4.72. The number of likely N-dealkylation sites (tertiary alicyclic amines) is 1. The number of nitrogens with one attached hydrogen (secondary N) is 1. The minimum absolute atomic E-state index is 0.0817. The van der Waals surface area contributed by atoms with E-state index in [2.05, 4.69) is 10.2 Å². The van der Waals surface area contributed by atoms with E-state index in [1.807, 2.05) is 9.80 Å². The van der Waals surface area contributed by atoms with Gasteiger partial charge in [-0.1, -0.05) is 6.42 Å². The molecule has 2 saturated carbocycles. The van der Waals surface area contributed by atoms with Crippen molar-refractivity contribution < 1.29 is 9.59 Å². The molecular formula is C20H28N4O2. The van der Waals surface area contributed by atoms with Crippen LogP contribution in [0, 0.1) is 11.8 Å². The van der Waals surface area contributed by atoms with Crippen LogP contribution in [-0.2, 0) is 22.6 Å². The third-order valence-corrected chi connectivity index (χ3v) is 6.85. The van der Waals surface area contributed by atoms with Crippen molar-refractivity contribution in [3.05, 3.63) is 17.0 Å². The quantitative estimate of drug-likeness (QED) is 0.903. The molecule has 140 valence electrons. The first-order valence-corrected chi connectivity index (χ1v) is 10.3. The van der Waals surface area contributed by atoms with E-state index in [9.17, 15) is 9.59 Å². The summed E-state index contributed by atoms with van der Waals surface area (Å²) in [7, 11) is 0. The Kier molecular flexibility index (Phi) is 4.02. The molecule has 3 heterocycles. The van der Waals surface area contributed by atoms with Gasteiger partial charge in [0.15, 0.2) is 0 Å². The first-order chi connectivity index (χ1) is 12.7. The van der Waals surface area contributed by atoms with Crippen LogP contribution >= 0.6 is 0 Å². The molecule has 2 aliphatic carbocycles. The minimum atomic E-state index is 0.0817. The molecule has 0 atom stereocenters. The average molecular weight is 356 g/mol. The van der Waals surface area contributed by atoms with E-state index in [0.29, 0.717) is 11.8 Å². The second kappa shape index (κ2) is 6.39. The monoisotopic (exact) mass is 356 g/mol. The van der Waals surface area contributed by atoms with Gasteiger partial charge in [-0.25, -0.2) is 0 Å². The molecule has 0 radical (unpaired) electrons. The summed E-state index contributed by atoms with van der Waals surface area (Å²) in [6.07, 6.45) is 8.31. The van der Waals surface area contributed by atoms with Gasteiger partial charge in [0.2, 0.25) is 11.8 Å². The summed E-state index contributed by atoms with van der Waals surface area (Å²) in [5.41, 5.74) is 3.72. The number of H-pyrrole nitrogens is 1. The lowest BCUT2D eigenvalue weighted by atomic mass is 9.83. The molecule has 3 fully saturated rings. The van der Waals surface area contributed by atoms with Crippen LogP contribution in [0.3, 0.4) is 0 Å². The average Bonchev–Trinajstić information content (AvgIpc) is 3.38. The number of amides is 2. The molecule has 0 bridgehead atoms. The Balaban J connectivity index is 1.19. The maximum Gasteiger partial charge on any atom is 0.226 e. The van der Waals surface area contributed by atoms with Gasteiger partial charge in [0.05, 0.1) is 5.69 Å². The predicted molar refractivity (Wildman–Crippen MR) is 96.3 cm³/mol. The summed E-state index contributed by atoms with van der Waals surface area (Å²) in [5.74, 6) is 1.58. The van der Waals surface area contributed by atoms with Gasteiger partial charge in [-0.15, -0.1) is 0 Å². The van der Waals surface area contributed by atoms with Crippen LogP contribution in [0.5, 0.6) is 0 Å². The highest BCUT2D eigenvalue weighted by atomic mass is 16.2. The predicted octanol–water partition coefficient (Wildman–Crippen LogP) is 2.21. The zero-order valence-electron chi connectivity index (χ0n) is 15.4. The van der Waals surface area contributed by atoms with Gasteiger partial charge in [0.1, 0.15) is 0 Å². The number of aromatic nitrogens is 2. The number of aromatic amines is 1. The van der Waals surface area contributed by atoms with E-state index in [-0.39, 0.29) is 17.7 Å². The summed E-state index contributed by atoms with van der Waals surface area (Å²) in [6.45, 7) is 3.02. The van der Waals surface area contributed by atoms with Crippen LogP contribution < -0.4 is 0 Å². The first kappa shape index (κ1) is 16.3. The molecule has 1 saturated heterocycles. The van der Waals surface area contributed by atoms with Gasteiger partial charge >= 0.3 is 0 Å². The molecule has 0 unspecified atom stereocenters. The lowest BCUT2D eigenvalue weighted by Crippen LogP contribution is -2.47. The Morgan fingerprint density at radius 2 is 1.58 bits per heavy atom. The van der Waals surface area contributed by atoms with Gasteiger partial charge in [-0.2, -0.15) is 5.10 Å². The van der Waals surface area contributed by atoms with Crippen molar-refractivity contribution in [2.75, 3.05) is 19.6 Å². The fraction of sp³-hybridized carbons (Fsp3) is 0.750. The molecule has 1 N–H and O–H groups in total. The molecule has 0 spiro atoms. The Hall–Kier alpha value is -1.85. The Morgan fingerprint density at radius 3 is 2.23 bits per heavy atom. The van der Waals surface area contributed by atoms with Crippen molar-refractivity contribution in [2.24, 2.45) is 11.8 Å². The zero-order chi connectivity index (χ0) is 17.7. The van der Waals surface area contributed by atoms with Gasteiger partial charge in [0.25, 0.3) is 0 Å². The van der Waals surface area contributed by atoms with Gasteiger partial charge in [0, 0.05) is 61.6 Å². The SMILES string of the molecule is O=C(C1CCC1)N1CCC(C(=O)N2CCc3[nH]nc(C4CC4)c3C2)CC1. The third-order valence-electron chi connectivity index (χ3n) is 6.85. The molecule has 4 aliphatic rings. The van der Waals surface area contributed by atoms with Crippen LogP contribution in [0.25, 0.3) is 0 Å². The molecule has 5 rings (SSSR count). The third kappa shape index (κ3) is 2.83. The minimum Gasteiger partial charge on any atom is -0.342 e. The smallest absolute Gasteiger partial charge is 0.226 e. The number of hydrogen-bond acceptors (Lipinski definition) is 3. The number of hydrogen-bond donors (Lipinski definition) is 1. The van der Waals surface area contributed by atoms with E-state index in [0.717, 1.165) is 58.3 Å². The summed E-state index contributed by atoms with van der Waals surface area (Å²) >= 11 is 0. The molecule has 6 heteroatoms. The zero-order valence-corrected chi connectivity index (χ0v) is 15.4. The van der Waals surface area contributed by atoms with Crippen LogP contribution in [0.2, 0.25) is 0 Å². The highest BCUT2D eigenvalue weighted by Gasteiger charge is 2.37. The molecule has 2 amide bonds. The summed E-state index contributed by atoms with van der Waals surface area (Å²) < 4.78 is 0. The van der Waals surface area contributed by atoms with Gasteiger partial charge in [-0.3, -0.25) is 14.7 Å². The summed E-state index contributed by atoms with van der Waals surface area (Å²) in [4.78, 5) is 29.5. The Labute approximate surface area is 154 Å². The molecule has 2 aliphatic heterocycles. The van der Waals surface area contributed by atoms with Crippen LogP contribution in [0.4, 0.5) is 0 Å². The molecule has 1 aromatic heterocycles. The second-order valence-corrected chi connectivity index (χ2v) is 8.58. The van der Waals surface area contributed by atoms with E-state index in [1.54, 1.807) is 0 Å². The van der Waals surface area contributed by atoms with Crippen molar-refractivity contribution in [3.8, 4) is 0 Å². The van der Waals surface area contributed by atoms with Gasteiger partial charge < -0.3 is 9.80 Å². The highest BCUT2D eigenvalue weighted by molar-refractivity contribution is 5.81. The maximum absolute atomic E-state index is 13.1. The van der Waals surface area contributed by atoms with Gasteiger partial charge in [-0.05, 0) is 38.5 Å². The number of nitrogens with zero attached hydrogens (tertiary/aromatic N) is 3. The molecular weight excluding hydrogens is 328 g/mol. The van der Waals surface area contributed by atoms with Crippen LogP contribution in [0.1, 0.15) is 67.8 Å². The van der Waals surface area contributed by atoms with Crippen LogP contribution in [0.15, 0.2) is 0 Å². The largest absolute Gasteiger partial charge is 0.342 e. The Bertz CT molecular complexity index is 711. The number of fused-ring (bicyclic) bond motifs is 1. The molecule has 26 heavy (non-hydrogen) atoms. The number of piperidine rings is 1. The topological polar surface area (TPSA) is 69.3 Å². The van der Waals surface area contributed by atoms with E-state index in [4.69, 9.17) is 0 Å². The summed E-state index contributed by atoms with van der Waals surface area (Å²) in [6, 6.07) is 0. The summed E-state index contributed by atoms with van der Waals surface area (Å²) in [5, 5.41) is 7.71. The number of carbonyl (C=O) groups is 2. The van der Waals surface area contributed by atoms with Crippen molar-refractivity contribution in [3.63, 3.8) is 0 Å². The van der Waals surface area contributed by atoms with E-state index >= 15 is 0 Å². The first-order valence-electron chi connectivity index (χ1n) is 10.3. The fourth-order valence-corrected chi connectivity index (χ4v) is 4.72. The standard InChI is InChI=1S/C20H28N4O2/c25-19(14-2-1-3-14)23-9-6-15(7-10-23)20(26)24-11-8-17-16(12-24)18(22-21-17)13-4-5-13/h13-15H,1-12H2,(H,21,22).